The molecule has 0 aromatic rings. The second-order valence-corrected chi connectivity index (χ2v) is 3.29. The van der Waals surface area contributed by atoms with Crippen LogP contribution in [0.25, 0.3) is 0 Å². The molecule has 1 fully saturated rings. The summed E-state index contributed by atoms with van der Waals surface area (Å²) in [5.74, 6) is 0. The Balaban J connectivity index is 0.000000810. The fraction of sp³-hybridized carbons (Fsp3) is 1.00. The van der Waals surface area contributed by atoms with Crippen molar-refractivity contribution in [3.05, 3.63) is 0 Å². The zero-order valence-electron chi connectivity index (χ0n) is 6.72. The van der Waals surface area contributed by atoms with Crippen LogP contribution in [0, 0.1) is 0 Å². The second kappa shape index (κ2) is 3.97. The van der Waals surface area contributed by atoms with Gasteiger partial charge in [0.25, 0.3) is 0 Å². The molecule has 0 bridgehead atoms. The van der Waals surface area contributed by atoms with Crippen LogP contribution in [-0.4, -0.2) is 24.0 Å². The van der Waals surface area contributed by atoms with E-state index in [0.29, 0.717) is 0 Å². The highest BCUT2D eigenvalue weighted by Crippen LogP contribution is 2.19. The van der Waals surface area contributed by atoms with Crippen molar-refractivity contribution in [1.82, 2.24) is 4.90 Å². The van der Waals surface area contributed by atoms with E-state index in [4.69, 9.17) is 0 Å². The minimum atomic E-state index is 0. The number of nitrogens with zero attached hydrogens (tertiary/aromatic N) is 1. The summed E-state index contributed by atoms with van der Waals surface area (Å²) in [6.07, 6.45) is 4.20. The number of rotatable bonds is 0. The molecule has 0 aromatic carbocycles. The number of hydrogen-bond acceptors (Lipinski definition) is 1. The van der Waals surface area contributed by atoms with Gasteiger partial charge in [0.1, 0.15) is 0 Å². The normalized spacial score (nSPS) is 35.1. The molecule has 0 amide bonds. The Morgan fingerprint density at radius 3 is 1.80 bits per heavy atom. The monoisotopic (exact) mass is 143 g/mol. The lowest BCUT2D eigenvalue weighted by Gasteiger charge is -2.35. The molecule has 1 aliphatic heterocycles. The van der Waals surface area contributed by atoms with Gasteiger partial charge in [0, 0.05) is 12.1 Å². The van der Waals surface area contributed by atoms with Crippen molar-refractivity contribution in [2.24, 2.45) is 0 Å². The molecular formula is C9H21N. The molecule has 62 valence electrons. The first-order valence-corrected chi connectivity index (χ1v) is 3.93. The van der Waals surface area contributed by atoms with Crippen molar-refractivity contribution >= 4 is 0 Å². The molecule has 0 N–H and O–H groups in total. The van der Waals surface area contributed by atoms with Crippen molar-refractivity contribution in [2.45, 2.75) is 52.6 Å². The molecule has 1 rings (SSSR count). The molecule has 0 radical (unpaired) electrons. The Hall–Kier alpha value is -0.0400. The van der Waals surface area contributed by atoms with E-state index >= 15 is 0 Å². The van der Waals surface area contributed by atoms with E-state index in [2.05, 4.69) is 25.8 Å². The van der Waals surface area contributed by atoms with E-state index in [-0.39, 0.29) is 7.43 Å². The molecule has 2 unspecified atom stereocenters. The van der Waals surface area contributed by atoms with Crippen LogP contribution in [0.15, 0.2) is 0 Å². The zero-order chi connectivity index (χ0) is 6.85. The molecule has 1 saturated heterocycles. The molecule has 0 saturated carbocycles. The van der Waals surface area contributed by atoms with E-state index in [1.807, 2.05) is 0 Å². The smallest absolute Gasteiger partial charge is 0.00667 e. The molecular weight excluding hydrogens is 122 g/mol. The Labute approximate surface area is 65.4 Å². The third-order valence-electron chi connectivity index (χ3n) is 2.63. The molecule has 0 aliphatic carbocycles. The largest absolute Gasteiger partial charge is 0.301 e. The van der Waals surface area contributed by atoms with E-state index in [1.165, 1.54) is 19.3 Å². The van der Waals surface area contributed by atoms with Crippen LogP contribution in [-0.2, 0) is 0 Å². The van der Waals surface area contributed by atoms with Gasteiger partial charge in [0.2, 0.25) is 0 Å². The average molecular weight is 143 g/mol. The van der Waals surface area contributed by atoms with Crippen LogP contribution in [0.3, 0.4) is 0 Å². The maximum absolute atomic E-state index is 2.48. The third kappa shape index (κ3) is 1.98. The summed E-state index contributed by atoms with van der Waals surface area (Å²) in [5, 5.41) is 0. The van der Waals surface area contributed by atoms with Gasteiger partial charge in [-0.3, -0.25) is 0 Å². The summed E-state index contributed by atoms with van der Waals surface area (Å²) in [6.45, 7) is 4.63. The van der Waals surface area contributed by atoms with Crippen LogP contribution >= 0.6 is 0 Å². The van der Waals surface area contributed by atoms with Gasteiger partial charge < -0.3 is 4.90 Å². The number of piperidine rings is 1. The van der Waals surface area contributed by atoms with Crippen LogP contribution in [0.1, 0.15) is 40.5 Å². The van der Waals surface area contributed by atoms with Crippen molar-refractivity contribution in [2.75, 3.05) is 7.05 Å². The van der Waals surface area contributed by atoms with E-state index < -0.39 is 0 Å². The van der Waals surface area contributed by atoms with Crippen molar-refractivity contribution in [3.63, 3.8) is 0 Å². The topological polar surface area (TPSA) is 3.24 Å². The number of likely N-dealkylation sites (tertiary alicyclic amines) is 1. The lowest BCUT2D eigenvalue weighted by Crippen LogP contribution is -2.40. The predicted octanol–water partition coefficient (Wildman–Crippen LogP) is 2.52. The third-order valence-corrected chi connectivity index (χ3v) is 2.63. The van der Waals surface area contributed by atoms with Crippen LogP contribution < -0.4 is 0 Å². The Bertz CT molecular complexity index is 80.7. The van der Waals surface area contributed by atoms with Gasteiger partial charge in [-0.1, -0.05) is 13.8 Å². The van der Waals surface area contributed by atoms with Crippen LogP contribution in [0.4, 0.5) is 0 Å². The summed E-state index contributed by atoms with van der Waals surface area (Å²) in [4.78, 5) is 2.48. The average Bonchev–Trinajstić information content (AvgIpc) is 1.83. The number of hydrogen-bond donors (Lipinski definition) is 0. The van der Waals surface area contributed by atoms with Crippen LogP contribution in [0.2, 0.25) is 0 Å². The molecule has 2 atom stereocenters. The summed E-state index contributed by atoms with van der Waals surface area (Å²) in [6, 6.07) is 1.63. The summed E-state index contributed by atoms with van der Waals surface area (Å²) < 4.78 is 0. The fourth-order valence-electron chi connectivity index (χ4n) is 1.55. The molecule has 10 heavy (non-hydrogen) atoms. The van der Waals surface area contributed by atoms with Gasteiger partial charge in [0.05, 0.1) is 0 Å². The van der Waals surface area contributed by atoms with Gasteiger partial charge >= 0.3 is 0 Å². The molecule has 0 spiro atoms. The van der Waals surface area contributed by atoms with E-state index in [9.17, 15) is 0 Å². The Morgan fingerprint density at radius 2 is 1.50 bits per heavy atom. The Kier molecular flexibility index (Phi) is 3.95. The quantitative estimate of drug-likeness (QED) is 0.503. The molecule has 1 nitrogen and oxygen atoms in total. The van der Waals surface area contributed by atoms with Crippen molar-refractivity contribution < 1.29 is 0 Å². The van der Waals surface area contributed by atoms with Gasteiger partial charge in [0.15, 0.2) is 0 Å². The second-order valence-electron chi connectivity index (χ2n) is 3.29. The van der Waals surface area contributed by atoms with Gasteiger partial charge in [-0.05, 0) is 33.7 Å². The first-order chi connectivity index (χ1) is 4.22. The summed E-state index contributed by atoms with van der Waals surface area (Å²) in [5.41, 5.74) is 0. The molecule has 1 heterocycles. The van der Waals surface area contributed by atoms with Gasteiger partial charge in [-0.25, -0.2) is 0 Å². The molecule has 1 heteroatoms. The van der Waals surface area contributed by atoms with E-state index in [0.717, 1.165) is 12.1 Å². The highest BCUT2D eigenvalue weighted by atomic mass is 15.2. The SMILES string of the molecule is C.CC1CCCC(C)N1C. The standard InChI is InChI=1S/C8H17N.CH4/c1-7-5-4-6-8(2)9(7)3;/h7-8H,4-6H2,1-3H3;1H4. The van der Waals surface area contributed by atoms with Crippen molar-refractivity contribution in [1.29, 1.82) is 0 Å². The maximum atomic E-state index is 2.48. The van der Waals surface area contributed by atoms with Crippen LogP contribution in [0.5, 0.6) is 0 Å². The first-order valence-electron chi connectivity index (χ1n) is 3.93. The molecule has 1 aliphatic rings. The maximum Gasteiger partial charge on any atom is 0.00667 e. The minimum Gasteiger partial charge on any atom is -0.301 e. The van der Waals surface area contributed by atoms with Gasteiger partial charge in [-0.15, -0.1) is 0 Å². The zero-order valence-corrected chi connectivity index (χ0v) is 6.72. The fourth-order valence-corrected chi connectivity index (χ4v) is 1.55. The summed E-state index contributed by atoms with van der Waals surface area (Å²) in [7, 11) is 2.23. The Morgan fingerprint density at radius 1 is 1.10 bits per heavy atom. The lowest BCUT2D eigenvalue weighted by molar-refractivity contribution is 0.138. The highest BCUT2D eigenvalue weighted by Gasteiger charge is 2.19. The first kappa shape index (κ1) is 9.96. The van der Waals surface area contributed by atoms with E-state index in [1.54, 1.807) is 0 Å². The lowest BCUT2D eigenvalue weighted by atomic mass is 9.99. The predicted molar refractivity (Wildman–Crippen MR) is 47.3 cm³/mol. The minimum absolute atomic E-state index is 0. The molecule has 0 aromatic heterocycles. The highest BCUT2D eigenvalue weighted by molar-refractivity contribution is 4.75. The summed E-state index contributed by atoms with van der Waals surface area (Å²) >= 11 is 0. The van der Waals surface area contributed by atoms with Crippen molar-refractivity contribution in [3.8, 4) is 0 Å². The van der Waals surface area contributed by atoms with Gasteiger partial charge in [-0.2, -0.15) is 0 Å².